The summed E-state index contributed by atoms with van der Waals surface area (Å²) in [6.45, 7) is 0. The molecule has 0 spiro atoms. The first kappa shape index (κ1) is 14.6. The van der Waals surface area contributed by atoms with Crippen LogP contribution in [0.3, 0.4) is 0 Å². The van der Waals surface area contributed by atoms with Gasteiger partial charge in [0.15, 0.2) is 11.6 Å². The van der Waals surface area contributed by atoms with Crippen molar-refractivity contribution in [2.75, 3.05) is 0 Å². The van der Waals surface area contributed by atoms with Gasteiger partial charge in [0.25, 0.3) is 0 Å². The Morgan fingerprint density at radius 1 is 0.769 bits per heavy atom. The quantitative estimate of drug-likeness (QED) is 0.495. The largest absolute Gasteiger partial charge is 0.507 e. The molecule has 2 N–H and O–H groups in total. The Balaban J connectivity index is 1.71. The van der Waals surface area contributed by atoms with Crippen LogP contribution in [0.1, 0.15) is 0 Å². The Morgan fingerprint density at radius 2 is 1.50 bits per heavy atom. The molecule has 26 heavy (non-hydrogen) atoms. The predicted octanol–water partition coefficient (Wildman–Crippen LogP) is 4.55. The second kappa shape index (κ2) is 5.67. The molecule has 0 aliphatic rings. The van der Waals surface area contributed by atoms with E-state index in [0.29, 0.717) is 17.2 Å². The molecule has 124 valence electrons. The zero-order valence-electron chi connectivity index (χ0n) is 13.7. The molecule has 0 atom stereocenters. The van der Waals surface area contributed by atoms with Crippen LogP contribution in [0, 0.1) is 0 Å². The van der Waals surface area contributed by atoms with Gasteiger partial charge in [0, 0.05) is 11.6 Å². The van der Waals surface area contributed by atoms with Crippen molar-refractivity contribution in [2.45, 2.75) is 0 Å². The lowest BCUT2D eigenvalue weighted by molar-refractivity contribution is 0.477. The fraction of sp³-hybridized carbons (Fsp3) is 0. The van der Waals surface area contributed by atoms with Crippen molar-refractivity contribution in [3.63, 3.8) is 0 Å². The van der Waals surface area contributed by atoms with Crippen molar-refractivity contribution in [3.05, 3.63) is 72.9 Å². The summed E-state index contributed by atoms with van der Waals surface area (Å²) < 4.78 is 0. The number of rotatable bonds is 2. The summed E-state index contributed by atoms with van der Waals surface area (Å²) >= 11 is 0. The molecule has 3 aromatic carbocycles. The topological polar surface area (TPSA) is 74.7 Å². The molecule has 0 saturated heterocycles. The SMILES string of the molecule is Oc1ccc2ccccc2c1-c1n[nH]c(-c2nccc3ccccc23)n1. The maximum atomic E-state index is 10.4. The number of aromatic hydroxyl groups is 1. The molecule has 5 aromatic rings. The van der Waals surface area contributed by atoms with Crippen LogP contribution in [0.2, 0.25) is 0 Å². The van der Waals surface area contributed by atoms with Crippen LogP contribution in [0.25, 0.3) is 44.5 Å². The summed E-state index contributed by atoms with van der Waals surface area (Å²) in [5.41, 5.74) is 1.35. The van der Waals surface area contributed by atoms with Crippen LogP contribution in [-0.4, -0.2) is 25.3 Å². The highest BCUT2D eigenvalue weighted by molar-refractivity contribution is 5.98. The highest BCUT2D eigenvalue weighted by Gasteiger charge is 2.16. The normalized spacial score (nSPS) is 11.2. The third-order valence-electron chi connectivity index (χ3n) is 4.51. The molecule has 2 heterocycles. The Morgan fingerprint density at radius 3 is 2.35 bits per heavy atom. The zero-order chi connectivity index (χ0) is 17.5. The number of fused-ring (bicyclic) bond motifs is 2. The Hall–Kier alpha value is -3.73. The lowest BCUT2D eigenvalue weighted by atomic mass is 10.0. The Kier molecular flexibility index (Phi) is 3.18. The number of pyridine rings is 1. The van der Waals surface area contributed by atoms with Gasteiger partial charge in [0.05, 0.1) is 5.56 Å². The van der Waals surface area contributed by atoms with E-state index >= 15 is 0 Å². The fourth-order valence-corrected chi connectivity index (χ4v) is 3.28. The molecule has 5 rings (SSSR count). The first-order valence-corrected chi connectivity index (χ1v) is 8.29. The number of benzene rings is 3. The molecule has 0 aliphatic carbocycles. The van der Waals surface area contributed by atoms with Crippen molar-refractivity contribution in [1.29, 1.82) is 0 Å². The molecule has 0 saturated carbocycles. The van der Waals surface area contributed by atoms with Gasteiger partial charge in [-0.1, -0.05) is 54.6 Å². The number of H-pyrrole nitrogens is 1. The fourth-order valence-electron chi connectivity index (χ4n) is 3.28. The molecular formula is C21H14N4O. The van der Waals surface area contributed by atoms with E-state index in [1.807, 2.05) is 60.7 Å². The summed E-state index contributed by atoms with van der Waals surface area (Å²) in [6.07, 6.45) is 1.76. The molecule has 0 amide bonds. The van der Waals surface area contributed by atoms with Gasteiger partial charge < -0.3 is 5.11 Å². The van der Waals surface area contributed by atoms with Crippen LogP contribution >= 0.6 is 0 Å². The van der Waals surface area contributed by atoms with Gasteiger partial charge in [-0.25, -0.2) is 4.98 Å². The summed E-state index contributed by atoms with van der Waals surface area (Å²) in [5.74, 6) is 1.17. The average molecular weight is 338 g/mol. The van der Waals surface area contributed by atoms with Crippen molar-refractivity contribution >= 4 is 21.5 Å². The minimum absolute atomic E-state index is 0.153. The molecule has 0 radical (unpaired) electrons. The van der Waals surface area contributed by atoms with E-state index < -0.39 is 0 Å². The van der Waals surface area contributed by atoms with Gasteiger partial charge in [-0.05, 0) is 28.3 Å². The number of hydrogen-bond acceptors (Lipinski definition) is 4. The van der Waals surface area contributed by atoms with Gasteiger partial charge >= 0.3 is 0 Å². The Labute approximate surface area is 149 Å². The van der Waals surface area contributed by atoms with Crippen LogP contribution in [-0.2, 0) is 0 Å². The third-order valence-corrected chi connectivity index (χ3v) is 4.51. The molecule has 0 aliphatic heterocycles. The molecule has 0 fully saturated rings. The zero-order valence-corrected chi connectivity index (χ0v) is 13.7. The van der Waals surface area contributed by atoms with Crippen LogP contribution in [0.15, 0.2) is 72.9 Å². The number of nitrogens with one attached hydrogen (secondary N) is 1. The van der Waals surface area contributed by atoms with Gasteiger partial charge in [-0.2, -0.15) is 5.10 Å². The van der Waals surface area contributed by atoms with E-state index in [9.17, 15) is 5.11 Å². The lowest BCUT2D eigenvalue weighted by Gasteiger charge is -2.05. The number of aromatic nitrogens is 4. The van der Waals surface area contributed by atoms with E-state index in [1.54, 1.807) is 12.3 Å². The maximum Gasteiger partial charge on any atom is 0.185 e. The average Bonchev–Trinajstić information content (AvgIpc) is 3.17. The molecule has 2 aromatic heterocycles. The third kappa shape index (κ3) is 2.22. The summed E-state index contributed by atoms with van der Waals surface area (Å²) in [5, 5.41) is 21.7. The van der Waals surface area contributed by atoms with Crippen molar-refractivity contribution < 1.29 is 5.11 Å². The van der Waals surface area contributed by atoms with Crippen LogP contribution in [0.4, 0.5) is 0 Å². The first-order chi connectivity index (χ1) is 12.8. The predicted molar refractivity (Wildman–Crippen MR) is 102 cm³/mol. The molecule has 5 heteroatoms. The highest BCUT2D eigenvalue weighted by Crippen LogP contribution is 2.35. The molecular weight excluding hydrogens is 324 g/mol. The van der Waals surface area contributed by atoms with E-state index in [4.69, 9.17) is 0 Å². The van der Waals surface area contributed by atoms with Gasteiger partial charge in [-0.15, -0.1) is 0 Å². The van der Waals surface area contributed by atoms with Gasteiger partial charge in [0.1, 0.15) is 11.4 Å². The molecule has 0 unspecified atom stereocenters. The van der Waals surface area contributed by atoms with Crippen LogP contribution < -0.4 is 0 Å². The minimum Gasteiger partial charge on any atom is -0.507 e. The second-order valence-corrected chi connectivity index (χ2v) is 6.07. The maximum absolute atomic E-state index is 10.4. The smallest absolute Gasteiger partial charge is 0.185 e. The van der Waals surface area contributed by atoms with Crippen LogP contribution in [0.5, 0.6) is 5.75 Å². The van der Waals surface area contributed by atoms with Gasteiger partial charge in [0.2, 0.25) is 0 Å². The number of phenols is 1. The monoisotopic (exact) mass is 338 g/mol. The number of nitrogens with zero attached hydrogens (tertiary/aromatic N) is 3. The van der Waals surface area contributed by atoms with E-state index in [-0.39, 0.29) is 5.75 Å². The first-order valence-electron chi connectivity index (χ1n) is 8.29. The summed E-state index contributed by atoms with van der Waals surface area (Å²) in [7, 11) is 0. The second-order valence-electron chi connectivity index (χ2n) is 6.07. The van der Waals surface area contributed by atoms with Crippen molar-refractivity contribution in [3.8, 4) is 28.7 Å². The van der Waals surface area contributed by atoms with E-state index in [0.717, 1.165) is 27.2 Å². The number of phenolic OH excluding ortho intramolecular Hbond substituents is 1. The van der Waals surface area contributed by atoms with E-state index in [1.165, 1.54) is 0 Å². The summed E-state index contributed by atoms with van der Waals surface area (Å²) in [4.78, 5) is 9.10. The summed E-state index contributed by atoms with van der Waals surface area (Å²) in [6, 6.07) is 21.4. The standard InChI is InChI=1S/C21H14N4O/c26-17-10-9-13-5-1-3-7-15(13)18(17)20-23-21(25-24-20)19-16-8-4-2-6-14(16)11-12-22-19/h1-12,26H,(H,23,24,25). The minimum atomic E-state index is 0.153. The Bertz CT molecular complexity index is 1250. The molecule has 0 bridgehead atoms. The van der Waals surface area contributed by atoms with Gasteiger partial charge in [-0.3, -0.25) is 10.1 Å². The van der Waals surface area contributed by atoms with E-state index in [2.05, 4.69) is 20.2 Å². The highest BCUT2D eigenvalue weighted by atomic mass is 16.3. The van der Waals surface area contributed by atoms with Crippen molar-refractivity contribution in [2.24, 2.45) is 0 Å². The van der Waals surface area contributed by atoms with Crippen molar-refractivity contribution in [1.82, 2.24) is 20.2 Å². The number of hydrogen-bond donors (Lipinski definition) is 2. The number of aromatic amines is 1. The lowest BCUT2D eigenvalue weighted by Crippen LogP contribution is -1.88. The molecule has 5 nitrogen and oxygen atoms in total.